The topological polar surface area (TPSA) is 52.0 Å². The molecule has 0 amide bonds. The van der Waals surface area contributed by atoms with Crippen LogP contribution in [0, 0.1) is 0 Å². The largest absolute Gasteiger partial charge is 0.435 e. The summed E-state index contributed by atoms with van der Waals surface area (Å²) in [6, 6.07) is 11.3. The first kappa shape index (κ1) is 20.0. The van der Waals surface area contributed by atoms with Crippen LogP contribution in [0.1, 0.15) is 5.69 Å². The van der Waals surface area contributed by atoms with Gasteiger partial charge in [0.2, 0.25) is 0 Å². The average Bonchev–Trinajstić information content (AvgIpc) is 3.04. The zero-order valence-electron chi connectivity index (χ0n) is 14.6. The summed E-state index contributed by atoms with van der Waals surface area (Å²) in [4.78, 5) is 0.0495. The second-order valence-electron chi connectivity index (χ2n) is 6.44. The molecule has 10 heteroatoms. The van der Waals surface area contributed by atoms with E-state index >= 15 is 0 Å². The predicted octanol–water partition coefficient (Wildman–Crippen LogP) is 5.91. The minimum Gasteiger partial charge on any atom is -0.232 e. The lowest BCUT2D eigenvalue weighted by atomic mass is 10.1. The molecular formula is C19H11Cl2F3N2O2S. The molecule has 0 spiro atoms. The van der Waals surface area contributed by atoms with E-state index in [1.807, 2.05) is 0 Å². The SMILES string of the molecule is CS(=O)(=O)c1ccc(-n2nc(C(F)(F)F)c3ccc4c(Cl)c(Cl)ccc4c32)cc1. The molecule has 0 aliphatic heterocycles. The van der Waals surface area contributed by atoms with Gasteiger partial charge < -0.3 is 0 Å². The lowest BCUT2D eigenvalue weighted by Crippen LogP contribution is -2.07. The Kier molecular flexibility index (Phi) is 4.56. The number of rotatable bonds is 2. The second-order valence-corrected chi connectivity index (χ2v) is 9.24. The molecule has 150 valence electrons. The third kappa shape index (κ3) is 3.35. The van der Waals surface area contributed by atoms with Gasteiger partial charge in [-0.15, -0.1) is 0 Å². The van der Waals surface area contributed by atoms with E-state index in [2.05, 4.69) is 5.10 Å². The Balaban J connectivity index is 2.10. The smallest absolute Gasteiger partial charge is 0.232 e. The molecule has 3 aromatic carbocycles. The van der Waals surface area contributed by atoms with Crippen LogP contribution in [0.15, 0.2) is 53.4 Å². The number of sulfone groups is 1. The summed E-state index contributed by atoms with van der Waals surface area (Å²) in [5.41, 5.74) is -0.579. The molecule has 0 N–H and O–H groups in total. The maximum absolute atomic E-state index is 13.6. The normalized spacial score (nSPS) is 12.8. The van der Waals surface area contributed by atoms with Gasteiger partial charge in [0, 0.05) is 22.4 Å². The third-order valence-electron chi connectivity index (χ3n) is 4.50. The van der Waals surface area contributed by atoms with E-state index in [9.17, 15) is 21.6 Å². The molecule has 0 fully saturated rings. The first-order chi connectivity index (χ1) is 13.5. The van der Waals surface area contributed by atoms with Gasteiger partial charge in [0.1, 0.15) is 0 Å². The van der Waals surface area contributed by atoms with E-state index in [0.29, 0.717) is 10.8 Å². The molecule has 0 saturated heterocycles. The van der Waals surface area contributed by atoms with Crippen LogP contribution in [0.4, 0.5) is 13.2 Å². The van der Waals surface area contributed by atoms with E-state index in [-0.39, 0.29) is 31.5 Å². The molecule has 0 atom stereocenters. The Labute approximate surface area is 173 Å². The van der Waals surface area contributed by atoms with Gasteiger partial charge in [0.25, 0.3) is 0 Å². The minimum absolute atomic E-state index is 0.0495. The van der Waals surface area contributed by atoms with Crippen molar-refractivity contribution in [3.8, 4) is 5.69 Å². The lowest BCUT2D eigenvalue weighted by molar-refractivity contribution is -0.140. The van der Waals surface area contributed by atoms with Gasteiger partial charge in [-0.25, -0.2) is 13.1 Å². The average molecular weight is 459 g/mol. The molecule has 1 heterocycles. The van der Waals surface area contributed by atoms with Gasteiger partial charge in [-0.2, -0.15) is 18.3 Å². The Morgan fingerprint density at radius 1 is 0.897 bits per heavy atom. The van der Waals surface area contributed by atoms with E-state index in [0.717, 1.165) is 10.9 Å². The highest BCUT2D eigenvalue weighted by atomic mass is 35.5. The number of fused-ring (bicyclic) bond motifs is 3. The first-order valence-corrected chi connectivity index (χ1v) is 10.8. The molecule has 4 nitrogen and oxygen atoms in total. The zero-order valence-corrected chi connectivity index (χ0v) is 17.0. The van der Waals surface area contributed by atoms with E-state index in [4.69, 9.17) is 23.2 Å². The number of aromatic nitrogens is 2. The highest BCUT2D eigenvalue weighted by molar-refractivity contribution is 7.90. The first-order valence-electron chi connectivity index (χ1n) is 8.15. The Hall–Kier alpha value is -2.29. The molecule has 0 radical (unpaired) electrons. The fourth-order valence-corrected chi connectivity index (χ4v) is 4.20. The maximum Gasteiger partial charge on any atom is 0.435 e. The van der Waals surface area contributed by atoms with Crippen molar-refractivity contribution in [1.82, 2.24) is 9.78 Å². The number of alkyl halides is 3. The van der Waals surface area contributed by atoms with Gasteiger partial charge in [-0.3, -0.25) is 0 Å². The van der Waals surface area contributed by atoms with Gasteiger partial charge in [0.15, 0.2) is 15.5 Å². The van der Waals surface area contributed by atoms with Gasteiger partial charge >= 0.3 is 6.18 Å². The fourth-order valence-electron chi connectivity index (χ4n) is 3.18. The van der Waals surface area contributed by atoms with Crippen LogP contribution in [0.25, 0.3) is 27.4 Å². The monoisotopic (exact) mass is 458 g/mol. The van der Waals surface area contributed by atoms with Crippen LogP contribution in [0.5, 0.6) is 0 Å². The summed E-state index contributed by atoms with van der Waals surface area (Å²) >= 11 is 12.3. The van der Waals surface area contributed by atoms with Crippen molar-refractivity contribution in [3.63, 3.8) is 0 Å². The quantitative estimate of drug-likeness (QED) is 0.375. The number of nitrogens with zero attached hydrogens (tertiary/aromatic N) is 2. The third-order valence-corrected chi connectivity index (χ3v) is 6.45. The van der Waals surface area contributed by atoms with Crippen LogP contribution < -0.4 is 0 Å². The van der Waals surface area contributed by atoms with Crippen molar-refractivity contribution in [3.05, 3.63) is 64.3 Å². The number of halogens is 5. The Morgan fingerprint density at radius 2 is 1.48 bits per heavy atom. The number of hydrogen-bond acceptors (Lipinski definition) is 3. The highest BCUT2D eigenvalue weighted by Gasteiger charge is 2.37. The molecule has 0 aliphatic rings. The van der Waals surface area contributed by atoms with Gasteiger partial charge in [-0.05, 0) is 36.4 Å². The summed E-state index contributed by atoms with van der Waals surface area (Å²) < 4.78 is 65.3. The van der Waals surface area contributed by atoms with Crippen molar-refractivity contribution in [1.29, 1.82) is 0 Å². The molecule has 0 unspecified atom stereocenters. The standard InChI is InChI=1S/C19H11Cl2F3N2O2S/c1-29(27,28)11-4-2-10(3-5-11)26-17-13-8-9-15(20)16(21)12(13)6-7-14(17)18(25-26)19(22,23)24/h2-9H,1H3. The van der Waals surface area contributed by atoms with E-state index in [1.54, 1.807) is 6.07 Å². The highest BCUT2D eigenvalue weighted by Crippen LogP contribution is 2.40. The molecule has 0 saturated carbocycles. The molecule has 0 aliphatic carbocycles. The van der Waals surface area contributed by atoms with Crippen LogP contribution in [0.3, 0.4) is 0 Å². The van der Waals surface area contributed by atoms with E-state index in [1.165, 1.54) is 42.5 Å². The lowest BCUT2D eigenvalue weighted by Gasteiger charge is -2.09. The van der Waals surface area contributed by atoms with Crippen molar-refractivity contribution in [2.45, 2.75) is 11.1 Å². The summed E-state index contributed by atoms with van der Waals surface area (Å²) in [5, 5.41) is 5.11. The fraction of sp³-hybridized carbons (Fsp3) is 0.105. The van der Waals surface area contributed by atoms with Crippen molar-refractivity contribution in [2.75, 3.05) is 6.26 Å². The van der Waals surface area contributed by atoms with Crippen molar-refractivity contribution >= 4 is 54.7 Å². The van der Waals surface area contributed by atoms with Crippen LogP contribution in [0.2, 0.25) is 10.0 Å². The predicted molar refractivity (Wildman–Crippen MR) is 107 cm³/mol. The second kappa shape index (κ2) is 6.62. The van der Waals surface area contributed by atoms with E-state index < -0.39 is 21.7 Å². The number of hydrogen-bond donors (Lipinski definition) is 0. The van der Waals surface area contributed by atoms with Crippen LogP contribution in [-0.2, 0) is 16.0 Å². The minimum atomic E-state index is -4.68. The molecule has 1 aromatic heterocycles. The molecule has 29 heavy (non-hydrogen) atoms. The van der Waals surface area contributed by atoms with Crippen LogP contribution in [-0.4, -0.2) is 24.5 Å². The summed E-state index contributed by atoms with van der Waals surface area (Å²) in [6.07, 6.45) is -3.63. The molecule has 4 rings (SSSR count). The number of benzene rings is 3. The maximum atomic E-state index is 13.6. The Bertz CT molecular complexity index is 1380. The van der Waals surface area contributed by atoms with Gasteiger partial charge in [0.05, 0.1) is 26.1 Å². The van der Waals surface area contributed by atoms with Gasteiger partial charge in [-0.1, -0.05) is 35.3 Å². The summed E-state index contributed by atoms with van der Waals surface area (Å²) in [5.74, 6) is 0. The van der Waals surface area contributed by atoms with Crippen molar-refractivity contribution in [2.24, 2.45) is 0 Å². The summed E-state index contributed by atoms with van der Waals surface area (Å²) in [6.45, 7) is 0. The van der Waals surface area contributed by atoms with Crippen molar-refractivity contribution < 1.29 is 21.6 Å². The van der Waals surface area contributed by atoms with Crippen LogP contribution >= 0.6 is 23.2 Å². The zero-order chi connectivity index (χ0) is 21.1. The molecular weight excluding hydrogens is 448 g/mol. The summed E-state index contributed by atoms with van der Waals surface area (Å²) in [7, 11) is -3.45. The Morgan fingerprint density at radius 3 is 2.07 bits per heavy atom. The molecule has 0 bridgehead atoms. The molecule has 4 aromatic rings.